The number of rotatable bonds is 5. The fourth-order valence-electron chi connectivity index (χ4n) is 2.02. The molecule has 1 heterocycles. The molecule has 0 saturated carbocycles. The highest BCUT2D eigenvalue weighted by Gasteiger charge is 2.08. The van der Waals surface area contributed by atoms with Crippen molar-refractivity contribution in [2.75, 3.05) is 31.3 Å². The Hall–Kier alpha value is -1.66. The zero-order valence-electron chi connectivity index (χ0n) is 11.7. The minimum atomic E-state index is -2.94. The summed E-state index contributed by atoms with van der Waals surface area (Å²) in [7, 11) is -1.07. The summed E-state index contributed by atoms with van der Waals surface area (Å²) in [6, 6.07) is 9.56. The second-order valence-corrected chi connectivity index (χ2v) is 7.35. The fraction of sp³-hybridized carbons (Fsp3) is 0.357. The molecule has 6 heteroatoms. The van der Waals surface area contributed by atoms with Gasteiger partial charge in [0.15, 0.2) is 0 Å². The molecule has 20 heavy (non-hydrogen) atoms. The molecule has 2 N–H and O–H groups in total. The monoisotopic (exact) mass is 293 g/mol. The average Bonchev–Trinajstić information content (AvgIpc) is 2.36. The standard InChI is InChI=1S/C14H19N3O2S/c1-17(7-8-20(2,18)19)10-11-9-13(15)12-5-3-4-6-14(12)16-11/h3-6,9H,7-8,10H2,1-2H3,(H2,15,16). The number of nitrogens with two attached hydrogens (primary N) is 1. The molecule has 0 aliphatic rings. The number of hydrogen-bond donors (Lipinski definition) is 1. The SMILES string of the molecule is CN(CCS(C)(=O)=O)Cc1cc(N)c2ccccc2n1. The van der Waals surface area contributed by atoms with Crippen molar-refractivity contribution >= 4 is 26.4 Å². The summed E-state index contributed by atoms with van der Waals surface area (Å²) < 4.78 is 22.3. The van der Waals surface area contributed by atoms with E-state index in [2.05, 4.69) is 4.98 Å². The molecule has 0 atom stereocenters. The highest BCUT2D eigenvalue weighted by molar-refractivity contribution is 7.90. The quantitative estimate of drug-likeness (QED) is 0.899. The summed E-state index contributed by atoms with van der Waals surface area (Å²) in [4.78, 5) is 6.48. The molecule has 0 unspecified atom stereocenters. The van der Waals surface area contributed by atoms with Crippen LogP contribution in [0.15, 0.2) is 30.3 Å². The summed E-state index contributed by atoms with van der Waals surface area (Å²) in [6.45, 7) is 1.05. The largest absolute Gasteiger partial charge is 0.398 e. The van der Waals surface area contributed by atoms with Gasteiger partial charge < -0.3 is 5.73 Å². The third-order valence-corrected chi connectivity index (χ3v) is 4.00. The number of benzene rings is 1. The summed E-state index contributed by atoms with van der Waals surface area (Å²) in [5, 5.41) is 0.940. The molecule has 0 saturated heterocycles. The number of pyridine rings is 1. The van der Waals surface area contributed by atoms with E-state index in [1.165, 1.54) is 6.26 Å². The molecule has 5 nitrogen and oxygen atoms in total. The molecule has 0 amide bonds. The van der Waals surface area contributed by atoms with Gasteiger partial charge in [-0.25, -0.2) is 8.42 Å². The number of aromatic nitrogens is 1. The van der Waals surface area contributed by atoms with Crippen LogP contribution in [0.2, 0.25) is 0 Å². The Morgan fingerprint density at radius 1 is 1.30 bits per heavy atom. The van der Waals surface area contributed by atoms with E-state index in [0.717, 1.165) is 16.6 Å². The number of para-hydroxylation sites is 1. The Labute approximate surface area is 119 Å². The van der Waals surface area contributed by atoms with Gasteiger partial charge in [0.2, 0.25) is 0 Å². The van der Waals surface area contributed by atoms with E-state index in [0.29, 0.717) is 18.8 Å². The number of anilines is 1. The van der Waals surface area contributed by atoms with Crippen molar-refractivity contribution < 1.29 is 8.42 Å². The topological polar surface area (TPSA) is 76.3 Å². The van der Waals surface area contributed by atoms with Crippen LogP contribution in [0, 0.1) is 0 Å². The first-order chi connectivity index (χ1) is 9.35. The molecule has 1 aromatic heterocycles. The second kappa shape index (κ2) is 5.76. The summed E-state index contributed by atoms with van der Waals surface area (Å²) in [5.41, 5.74) is 8.42. The van der Waals surface area contributed by atoms with Crippen molar-refractivity contribution in [1.29, 1.82) is 0 Å². The Bertz CT molecular complexity index is 713. The van der Waals surface area contributed by atoms with Gasteiger partial charge in [-0.3, -0.25) is 9.88 Å². The Kier molecular flexibility index (Phi) is 4.25. The van der Waals surface area contributed by atoms with Crippen molar-refractivity contribution in [3.05, 3.63) is 36.0 Å². The third kappa shape index (κ3) is 3.91. The second-order valence-electron chi connectivity index (χ2n) is 5.09. The number of nitrogen functional groups attached to an aromatic ring is 1. The summed E-state index contributed by atoms with van der Waals surface area (Å²) in [6.07, 6.45) is 1.24. The molecule has 0 fully saturated rings. The van der Waals surface area contributed by atoms with Gasteiger partial charge in [0.05, 0.1) is 17.0 Å². The van der Waals surface area contributed by atoms with Crippen molar-refractivity contribution in [3.63, 3.8) is 0 Å². The minimum Gasteiger partial charge on any atom is -0.398 e. The first-order valence-corrected chi connectivity index (χ1v) is 8.41. The van der Waals surface area contributed by atoms with Crippen LogP contribution in [0.3, 0.4) is 0 Å². The first-order valence-electron chi connectivity index (χ1n) is 6.35. The number of hydrogen-bond acceptors (Lipinski definition) is 5. The van der Waals surface area contributed by atoms with E-state index >= 15 is 0 Å². The maximum absolute atomic E-state index is 11.2. The molecular weight excluding hydrogens is 274 g/mol. The van der Waals surface area contributed by atoms with Crippen LogP contribution in [0.4, 0.5) is 5.69 Å². The fourth-order valence-corrected chi connectivity index (χ4v) is 2.66. The Morgan fingerprint density at radius 3 is 2.70 bits per heavy atom. The number of sulfone groups is 1. The molecule has 0 radical (unpaired) electrons. The Morgan fingerprint density at radius 2 is 2.00 bits per heavy atom. The van der Waals surface area contributed by atoms with Crippen LogP contribution >= 0.6 is 0 Å². The van der Waals surface area contributed by atoms with Crippen LogP contribution in [-0.4, -0.2) is 43.9 Å². The lowest BCUT2D eigenvalue weighted by Gasteiger charge is -2.16. The van der Waals surface area contributed by atoms with E-state index in [-0.39, 0.29) is 5.75 Å². The number of fused-ring (bicyclic) bond motifs is 1. The summed E-state index contributed by atoms with van der Waals surface area (Å²) >= 11 is 0. The predicted octanol–water partition coefficient (Wildman–Crippen LogP) is 1.29. The van der Waals surface area contributed by atoms with Crippen LogP contribution < -0.4 is 5.73 Å². The van der Waals surface area contributed by atoms with Gasteiger partial charge in [0, 0.05) is 30.4 Å². The van der Waals surface area contributed by atoms with Crippen molar-refractivity contribution in [2.45, 2.75) is 6.54 Å². The lowest BCUT2D eigenvalue weighted by molar-refractivity contribution is 0.342. The van der Waals surface area contributed by atoms with E-state index in [1.54, 1.807) is 0 Å². The Balaban J connectivity index is 2.13. The molecule has 1 aromatic carbocycles. The van der Waals surface area contributed by atoms with Crippen molar-refractivity contribution in [1.82, 2.24) is 9.88 Å². The lowest BCUT2D eigenvalue weighted by atomic mass is 10.1. The highest BCUT2D eigenvalue weighted by Crippen LogP contribution is 2.20. The molecule has 108 valence electrons. The summed E-state index contributed by atoms with van der Waals surface area (Å²) in [5.74, 6) is 0.145. The maximum Gasteiger partial charge on any atom is 0.148 e. The molecule has 2 rings (SSSR count). The first kappa shape index (κ1) is 14.7. The van der Waals surface area contributed by atoms with Crippen molar-refractivity contribution in [2.24, 2.45) is 0 Å². The minimum absolute atomic E-state index is 0.145. The van der Waals surface area contributed by atoms with E-state index < -0.39 is 9.84 Å². The molecule has 0 aliphatic heterocycles. The van der Waals surface area contributed by atoms with E-state index in [1.807, 2.05) is 42.3 Å². The smallest absolute Gasteiger partial charge is 0.148 e. The van der Waals surface area contributed by atoms with Gasteiger partial charge in [-0.15, -0.1) is 0 Å². The molecule has 0 spiro atoms. The highest BCUT2D eigenvalue weighted by atomic mass is 32.2. The maximum atomic E-state index is 11.2. The average molecular weight is 293 g/mol. The van der Waals surface area contributed by atoms with Crippen LogP contribution in [0.1, 0.15) is 5.69 Å². The molecule has 0 bridgehead atoms. The predicted molar refractivity (Wildman–Crippen MR) is 82.2 cm³/mol. The van der Waals surface area contributed by atoms with Crippen molar-refractivity contribution in [3.8, 4) is 0 Å². The molecular formula is C14H19N3O2S. The van der Waals surface area contributed by atoms with E-state index in [4.69, 9.17) is 5.73 Å². The van der Waals surface area contributed by atoms with Crippen LogP contribution in [0.25, 0.3) is 10.9 Å². The molecule has 2 aromatic rings. The van der Waals surface area contributed by atoms with Gasteiger partial charge in [-0.05, 0) is 19.2 Å². The zero-order chi connectivity index (χ0) is 14.8. The van der Waals surface area contributed by atoms with Crippen LogP contribution in [-0.2, 0) is 16.4 Å². The lowest BCUT2D eigenvalue weighted by Crippen LogP contribution is -2.25. The molecule has 0 aliphatic carbocycles. The van der Waals surface area contributed by atoms with Gasteiger partial charge in [0.25, 0.3) is 0 Å². The zero-order valence-corrected chi connectivity index (χ0v) is 12.5. The normalized spacial score (nSPS) is 12.2. The van der Waals surface area contributed by atoms with E-state index in [9.17, 15) is 8.42 Å². The third-order valence-electron chi connectivity index (χ3n) is 3.08. The van der Waals surface area contributed by atoms with Gasteiger partial charge in [-0.2, -0.15) is 0 Å². The van der Waals surface area contributed by atoms with Gasteiger partial charge in [-0.1, -0.05) is 18.2 Å². The van der Waals surface area contributed by atoms with Gasteiger partial charge in [0.1, 0.15) is 9.84 Å². The number of nitrogens with zero attached hydrogens (tertiary/aromatic N) is 2. The van der Waals surface area contributed by atoms with Gasteiger partial charge >= 0.3 is 0 Å². The van der Waals surface area contributed by atoms with Crippen LogP contribution in [0.5, 0.6) is 0 Å².